The Hall–Kier alpha value is -2.33. The second-order valence-electron chi connectivity index (χ2n) is 7.55. The summed E-state index contributed by atoms with van der Waals surface area (Å²) in [6.07, 6.45) is 2.59. The quantitative estimate of drug-likeness (QED) is 0.828. The molecular formula is C23H28N2O2. The van der Waals surface area contributed by atoms with Crippen LogP contribution in [0.4, 0.5) is 5.69 Å². The largest absolute Gasteiger partial charge is 0.491 e. The number of piperidine rings is 1. The van der Waals surface area contributed by atoms with Crippen molar-refractivity contribution in [3.63, 3.8) is 0 Å². The van der Waals surface area contributed by atoms with Crippen LogP contribution in [-0.4, -0.2) is 43.1 Å². The van der Waals surface area contributed by atoms with Crippen molar-refractivity contribution in [2.45, 2.75) is 32.2 Å². The maximum atomic E-state index is 12.8. The number of benzene rings is 2. The molecule has 2 heterocycles. The minimum atomic E-state index is 0.195. The van der Waals surface area contributed by atoms with E-state index in [-0.39, 0.29) is 11.9 Å². The first-order chi connectivity index (χ1) is 13.3. The molecule has 0 aromatic heterocycles. The van der Waals surface area contributed by atoms with Gasteiger partial charge in [-0.3, -0.25) is 4.79 Å². The van der Waals surface area contributed by atoms with E-state index in [1.807, 2.05) is 36.1 Å². The molecule has 142 valence electrons. The Labute approximate surface area is 161 Å². The van der Waals surface area contributed by atoms with Crippen molar-refractivity contribution < 1.29 is 9.53 Å². The van der Waals surface area contributed by atoms with E-state index >= 15 is 0 Å². The lowest BCUT2D eigenvalue weighted by Gasteiger charge is -2.42. The highest BCUT2D eigenvalue weighted by atomic mass is 16.5. The number of hydrogen-bond acceptors (Lipinski definition) is 3. The Kier molecular flexibility index (Phi) is 5.44. The van der Waals surface area contributed by atoms with E-state index in [2.05, 4.69) is 35.2 Å². The molecule has 2 atom stereocenters. The fourth-order valence-corrected chi connectivity index (χ4v) is 4.38. The van der Waals surface area contributed by atoms with Crippen molar-refractivity contribution in [1.82, 2.24) is 4.90 Å². The topological polar surface area (TPSA) is 32.8 Å². The van der Waals surface area contributed by atoms with E-state index in [0.29, 0.717) is 18.9 Å². The average Bonchev–Trinajstić information content (AvgIpc) is 2.89. The van der Waals surface area contributed by atoms with Crippen LogP contribution < -0.4 is 9.64 Å². The molecule has 0 aliphatic carbocycles. The number of para-hydroxylation sites is 2. The molecule has 0 N–H and O–H groups in total. The summed E-state index contributed by atoms with van der Waals surface area (Å²) in [6.45, 7) is 5.70. The number of likely N-dealkylation sites (tertiary alicyclic amines) is 1. The van der Waals surface area contributed by atoms with Gasteiger partial charge in [0.2, 0.25) is 5.91 Å². The predicted octanol–water partition coefficient (Wildman–Crippen LogP) is 3.76. The van der Waals surface area contributed by atoms with Crippen LogP contribution in [0.15, 0.2) is 54.6 Å². The zero-order valence-electron chi connectivity index (χ0n) is 16.0. The first-order valence-electron chi connectivity index (χ1n) is 10.1. The SMILES string of the molecule is CCC(=O)N1c2ccccc2OC[C@H]2CN(CCc3ccccc3)CC[C@@H]21. The summed E-state index contributed by atoms with van der Waals surface area (Å²) in [5, 5.41) is 0. The van der Waals surface area contributed by atoms with Crippen LogP contribution in [0.3, 0.4) is 0 Å². The zero-order chi connectivity index (χ0) is 18.6. The van der Waals surface area contributed by atoms with Crippen molar-refractivity contribution in [2.24, 2.45) is 5.92 Å². The highest BCUT2D eigenvalue weighted by Gasteiger charge is 2.39. The first kappa shape index (κ1) is 18.1. The molecule has 1 fully saturated rings. The number of amides is 1. The highest BCUT2D eigenvalue weighted by Crippen LogP contribution is 2.38. The monoisotopic (exact) mass is 364 g/mol. The van der Waals surface area contributed by atoms with E-state index in [0.717, 1.165) is 43.9 Å². The normalized spacial score (nSPS) is 22.3. The van der Waals surface area contributed by atoms with E-state index < -0.39 is 0 Å². The van der Waals surface area contributed by atoms with Crippen LogP contribution >= 0.6 is 0 Å². The van der Waals surface area contributed by atoms with Gasteiger partial charge >= 0.3 is 0 Å². The van der Waals surface area contributed by atoms with E-state index in [4.69, 9.17) is 4.74 Å². The van der Waals surface area contributed by atoms with Gasteiger partial charge in [0.15, 0.2) is 0 Å². The van der Waals surface area contributed by atoms with Gasteiger partial charge in [0, 0.05) is 38.0 Å². The molecule has 1 saturated heterocycles. The van der Waals surface area contributed by atoms with Gasteiger partial charge in [-0.1, -0.05) is 49.4 Å². The average molecular weight is 364 g/mol. The molecule has 2 aromatic carbocycles. The van der Waals surface area contributed by atoms with Crippen molar-refractivity contribution in [2.75, 3.05) is 31.1 Å². The number of carbonyl (C=O) groups excluding carboxylic acids is 1. The highest BCUT2D eigenvalue weighted by molar-refractivity contribution is 5.95. The molecule has 4 nitrogen and oxygen atoms in total. The number of anilines is 1. The minimum absolute atomic E-state index is 0.195. The minimum Gasteiger partial charge on any atom is -0.491 e. The molecule has 2 aliphatic rings. The van der Waals surface area contributed by atoms with Crippen molar-refractivity contribution >= 4 is 11.6 Å². The summed E-state index contributed by atoms with van der Waals surface area (Å²) in [6, 6.07) is 18.9. The predicted molar refractivity (Wildman–Crippen MR) is 108 cm³/mol. The lowest BCUT2D eigenvalue weighted by molar-refractivity contribution is -0.119. The van der Waals surface area contributed by atoms with Gasteiger partial charge in [0.25, 0.3) is 0 Å². The number of rotatable bonds is 4. The van der Waals surface area contributed by atoms with Gasteiger partial charge in [-0.25, -0.2) is 0 Å². The fraction of sp³-hybridized carbons (Fsp3) is 0.435. The number of fused-ring (bicyclic) bond motifs is 2. The third-order valence-electron chi connectivity index (χ3n) is 5.82. The third kappa shape index (κ3) is 3.86. The smallest absolute Gasteiger partial charge is 0.227 e. The summed E-state index contributed by atoms with van der Waals surface area (Å²) in [4.78, 5) is 17.3. The Morgan fingerprint density at radius 2 is 1.89 bits per heavy atom. The molecule has 0 bridgehead atoms. The molecular weight excluding hydrogens is 336 g/mol. The molecule has 27 heavy (non-hydrogen) atoms. The third-order valence-corrected chi connectivity index (χ3v) is 5.82. The van der Waals surface area contributed by atoms with Crippen LogP contribution in [0.5, 0.6) is 5.75 Å². The number of carbonyl (C=O) groups is 1. The zero-order valence-corrected chi connectivity index (χ0v) is 16.0. The van der Waals surface area contributed by atoms with Crippen LogP contribution in [0.25, 0.3) is 0 Å². The Balaban J connectivity index is 1.49. The summed E-state index contributed by atoms with van der Waals surface area (Å²) in [7, 11) is 0. The molecule has 0 spiro atoms. The van der Waals surface area contributed by atoms with Crippen LogP contribution in [0.2, 0.25) is 0 Å². The van der Waals surface area contributed by atoms with E-state index in [1.54, 1.807) is 0 Å². The van der Waals surface area contributed by atoms with E-state index in [9.17, 15) is 4.79 Å². The molecule has 1 amide bonds. The van der Waals surface area contributed by atoms with Crippen molar-refractivity contribution in [3.8, 4) is 5.75 Å². The van der Waals surface area contributed by atoms with Gasteiger partial charge in [0.1, 0.15) is 5.75 Å². The summed E-state index contributed by atoms with van der Waals surface area (Å²) in [5.41, 5.74) is 2.32. The lowest BCUT2D eigenvalue weighted by atomic mass is 9.90. The van der Waals surface area contributed by atoms with Gasteiger partial charge in [-0.05, 0) is 30.5 Å². The number of ether oxygens (including phenoxy) is 1. The molecule has 0 saturated carbocycles. The molecule has 2 aromatic rings. The number of nitrogens with zero attached hydrogens (tertiary/aromatic N) is 2. The fourth-order valence-electron chi connectivity index (χ4n) is 4.38. The Morgan fingerprint density at radius 1 is 1.11 bits per heavy atom. The molecule has 4 heteroatoms. The van der Waals surface area contributed by atoms with Crippen LogP contribution in [-0.2, 0) is 11.2 Å². The van der Waals surface area contributed by atoms with Gasteiger partial charge in [-0.2, -0.15) is 0 Å². The molecule has 0 unspecified atom stereocenters. The second-order valence-corrected chi connectivity index (χ2v) is 7.55. The Bertz CT molecular complexity index is 777. The van der Waals surface area contributed by atoms with Crippen molar-refractivity contribution in [1.29, 1.82) is 0 Å². The van der Waals surface area contributed by atoms with Gasteiger partial charge in [0.05, 0.1) is 12.3 Å². The first-order valence-corrected chi connectivity index (χ1v) is 10.1. The van der Waals surface area contributed by atoms with Gasteiger partial charge in [-0.15, -0.1) is 0 Å². The molecule has 2 aliphatic heterocycles. The standard InChI is InChI=1S/C23H28N2O2/c1-2-23(26)25-20-13-15-24(14-12-18-8-4-3-5-9-18)16-19(20)17-27-22-11-7-6-10-21(22)25/h3-11,19-20H,2,12-17H2,1H3/t19-,20+/m1/s1. The lowest BCUT2D eigenvalue weighted by Crippen LogP contribution is -2.54. The summed E-state index contributed by atoms with van der Waals surface area (Å²) < 4.78 is 6.13. The summed E-state index contributed by atoms with van der Waals surface area (Å²) >= 11 is 0. The molecule has 0 radical (unpaired) electrons. The van der Waals surface area contributed by atoms with Crippen LogP contribution in [0.1, 0.15) is 25.3 Å². The second kappa shape index (κ2) is 8.13. The van der Waals surface area contributed by atoms with Crippen molar-refractivity contribution in [3.05, 3.63) is 60.2 Å². The van der Waals surface area contributed by atoms with Crippen LogP contribution in [0, 0.1) is 5.92 Å². The summed E-state index contributed by atoms with van der Waals surface area (Å²) in [5.74, 6) is 1.38. The van der Waals surface area contributed by atoms with Gasteiger partial charge < -0.3 is 14.5 Å². The molecule has 4 rings (SSSR count). The maximum absolute atomic E-state index is 12.8. The Morgan fingerprint density at radius 3 is 2.70 bits per heavy atom. The van der Waals surface area contributed by atoms with E-state index in [1.165, 1.54) is 5.56 Å². The maximum Gasteiger partial charge on any atom is 0.227 e. The number of hydrogen-bond donors (Lipinski definition) is 0.